The van der Waals surface area contributed by atoms with Gasteiger partial charge in [-0.3, -0.25) is 0 Å². The molecule has 12 heavy (non-hydrogen) atoms. The Hall–Kier alpha value is 0.170. The van der Waals surface area contributed by atoms with E-state index in [0.717, 1.165) is 6.42 Å². The summed E-state index contributed by atoms with van der Waals surface area (Å²) >= 11 is 5.66. The lowest BCUT2D eigenvalue weighted by molar-refractivity contribution is -0.162. The van der Waals surface area contributed by atoms with Gasteiger partial charge >= 0.3 is 0 Å². The quantitative estimate of drug-likeness (QED) is 0.584. The first-order valence-corrected chi connectivity index (χ1v) is 4.77. The molecule has 2 aliphatic rings. The van der Waals surface area contributed by atoms with Gasteiger partial charge in [0.15, 0.2) is 5.79 Å². The van der Waals surface area contributed by atoms with Gasteiger partial charge in [-0.2, -0.15) is 0 Å². The van der Waals surface area contributed by atoms with Crippen LogP contribution in [0.3, 0.4) is 0 Å². The summed E-state index contributed by atoms with van der Waals surface area (Å²) in [6, 6.07) is 0. The smallest absolute Gasteiger partial charge is 0.194 e. The molecule has 0 aromatic heterocycles. The molecule has 2 rings (SSSR count). The van der Waals surface area contributed by atoms with Crippen LogP contribution in [0.15, 0.2) is 0 Å². The maximum absolute atomic E-state index is 5.66. The average Bonchev–Trinajstić information content (AvgIpc) is 2.61. The van der Waals surface area contributed by atoms with Gasteiger partial charge in [-0.05, 0) is 6.92 Å². The number of halogens is 1. The zero-order chi connectivity index (χ0) is 8.60. The summed E-state index contributed by atoms with van der Waals surface area (Å²) in [5, 5.41) is 0. The Kier molecular flexibility index (Phi) is 2.29. The van der Waals surface area contributed by atoms with Crippen molar-refractivity contribution in [2.24, 2.45) is 0 Å². The van der Waals surface area contributed by atoms with E-state index in [4.69, 9.17) is 25.8 Å². The van der Waals surface area contributed by atoms with E-state index in [2.05, 4.69) is 0 Å². The van der Waals surface area contributed by atoms with Crippen molar-refractivity contribution in [2.45, 2.75) is 31.3 Å². The Balaban J connectivity index is 1.97. The van der Waals surface area contributed by atoms with Gasteiger partial charge in [-0.1, -0.05) is 0 Å². The normalized spacial score (nSPS) is 47.5. The third-order valence-electron chi connectivity index (χ3n) is 2.27. The minimum atomic E-state index is -0.473. The molecule has 3 nitrogen and oxygen atoms in total. The molecule has 0 saturated carbocycles. The predicted octanol–water partition coefficient (Wildman–Crippen LogP) is 1.15. The number of hydrogen-bond donors (Lipinski definition) is 0. The van der Waals surface area contributed by atoms with Crippen LogP contribution in [0.4, 0.5) is 0 Å². The first-order chi connectivity index (χ1) is 5.74. The Bertz CT molecular complexity index is 176. The highest BCUT2D eigenvalue weighted by molar-refractivity contribution is 6.18. The van der Waals surface area contributed by atoms with Crippen molar-refractivity contribution in [1.29, 1.82) is 0 Å². The molecule has 2 fully saturated rings. The fraction of sp³-hybridized carbons (Fsp3) is 1.00. The molecule has 2 heterocycles. The number of alkyl halides is 1. The summed E-state index contributed by atoms with van der Waals surface area (Å²) in [7, 11) is 0. The fourth-order valence-corrected chi connectivity index (χ4v) is 1.85. The molecule has 0 aromatic carbocycles. The third-order valence-corrected chi connectivity index (χ3v) is 2.62. The van der Waals surface area contributed by atoms with E-state index in [1.165, 1.54) is 0 Å². The van der Waals surface area contributed by atoms with Crippen molar-refractivity contribution in [1.82, 2.24) is 0 Å². The summed E-state index contributed by atoms with van der Waals surface area (Å²) in [6.45, 7) is 3.16. The lowest BCUT2D eigenvalue weighted by Gasteiger charge is -2.19. The van der Waals surface area contributed by atoms with Crippen LogP contribution in [0.1, 0.15) is 13.3 Å². The molecule has 2 saturated heterocycles. The summed E-state index contributed by atoms with van der Waals surface area (Å²) in [5.74, 6) is 0.0229. The minimum Gasteiger partial charge on any atom is -0.373 e. The first-order valence-electron chi connectivity index (χ1n) is 4.23. The Morgan fingerprint density at radius 1 is 1.58 bits per heavy atom. The molecule has 0 aromatic rings. The van der Waals surface area contributed by atoms with E-state index in [-0.39, 0.29) is 12.2 Å². The van der Waals surface area contributed by atoms with Gasteiger partial charge in [0.2, 0.25) is 0 Å². The maximum atomic E-state index is 5.66. The summed E-state index contributed by atoms with van der Waals surface area (Å²) < 4.78 is 16.6. The third kappa shape index (κ3) is 1.46. The largest absolute Gasteiger partial charge is 0.373 e. The second-order valence-corrected chi connectivity index (χ2v) is 3.75. The van der Waals surface area contributed by atoms with Gasteiger partial charge in [-0.15, -0.1) is 11.6 Å². The van der Waals surface area contributed by atoms with Crippen LogP contribution in [0, 0.1) is 0 Å². The van der Waals surface area contributed by atoms with Gasteiger partial charge in [-0.25, -0.2) is 0 Å². The molecule has 0 radical (unpaired) electrons. The Labute approximate surface area is 76.9 Å². The van der Waals surface area contributed by atoms with Crippen molar-refractivity contribution < 1.29 is 14.2 Å². The SMILES string of the molecule is CC1CC2(CO1)OCC(CCl)O2. The molecule has 3 atom stereocenters. The van der Waals surface area contributed by atoms with E-state index in [1.807, 2.05) is 6.92 Å². The van der Waals surface area contributed by atoms with Crippen molar-refractivity contribution >= 4 is 11.6 Å². The lowest BCUT2D eigenvalue weighted by atomic mass is 10.2. The summed E-state index contributed by atoms with van der Waals surface area (Å²) in [5.41, 5.74) is 0. The molecule has 0 bridgehead atoms. The Morgan fingerprint density at radius 3 is 2.92 bits per heavy atom. The molecule has 2 aliphatic heterocycles. The highest BCUT2D eigenvalue weighted by atomic mass is 35.5. The van der Waals surface area contributed by atoms with Gasteiger partial charge in [0.05, 0.1) is 24.7 Å². The van der Waals surface area contributed by atoms with Crippen LogP contribution in [0.25, 0.3) is 0 Å². The molecular formula is C8H13ClO3. The number of rotatable bonds is 1. The topological polar surface area (TPSA) is 27.7 Å². The van der Waals surface area contributed by atoms with Crippen LogP contribution in [-0.4, -0.2) is 37.1 Å². The van der Waals surface area contributed by atoms with Crippen molar-refractivity contribution in [3.05, 3.63) is 0 Å². The second kappa shape index (κ2) is 3.14. The molecule has 0 N–H and O–H groups in total. The lowest BCUT2D eigenvalue weighted by Crippen LogP contribution is -2.31. The molecule has 4 heteroatoms. The molecule has 70 valence electrons. The molecule has 0 amide bonds. The minimum absolute atomic E-state index is 0.0422. The van der Waals surface area contributed by atoms with Crippen LogP contribution < -0.4 is 0 Å². The van der Waals surface area contributed by atoms with Gasteiger partial charge in [0.25, 0.3) is 0 Å². The van der Waals surface area contributed by atoms with E-state index < -0.39 is 5.79 Å². The fourth-order valence-electron chi connectivity index (χ4n) is 1.70. The van der Waals surface area contributed by atoms with Gasteiger partial charge in [0.1, 0.15) is 6.61 Å². The highest BCUT2D eigenvalue weighted by Crippen LogP contribution is 2.34. The standard InChI is InChI=1S/C8H13ClO3/c1-6-2-8(5-10-6)11-4-7(3-9)12-8/h6-7H,2-5H2,1H3. The van der Waals surface area contributed by atoms with Crippen molar-refractivity contribution in [2.75, 3.05) is 19.1 Å². The maximum Gasteiger partial charge on any atom is 0.194 e. The van der Waals surface area contributed by atoms with Crippen LogP contribution in [-0.2, 0) is 14.2 Å². The van der Waals surface area contributed by atoms with Crippen LogP contribution >= 0.6 is 11.6 Å². The van der Waals surface area contributed by atoms with E-state index in [0.29, 0.717) is 19.1 Å². The molecule has 3 unspecified atom stereocenters. The zero-order valence-corrected chi connectivity index (χ0v) is 7.84. The molecular weight excluding hydrogens is 180 g/mol. The van der Waals surface area contributed by atoms with E-state index in [9.17, 15) is 0 Å². The monoisotopic (exact) mass is 192 g/mol. The summed E-state index contributed by atoms with van der Waals surface area (Å²) in [6.07, 6.45) is 1.10. The summed E-state index contributed by atoms with van der Waals surface area (Å²) in [4.78, 5) is 0. The van der Waals surface area contributed by atoms with Crippen LogP contribution in [0.2, 0.25) is 0 Å². The Morgan fingerprint density at radius 2 is 2.42 bits per heavy atom. The molecule has 1 spiro atoms. The highest BCUT2D eigenvalue weighted by Gasteiger charge is 2.46. The van der Waals surface area contributed by atoms with E-state index in [1.54, 1.807) is 0 Å². The van der Waals surface area contributed by atoms with Crippen molar-refractivity contribution in [3.63, 3.8) is 0 Å². The zero-order valence-electron chi connectivity index (χ0n) is 7.09. The second-order valence-electron chi connectivity index (χ2n) is 3.44. The average molecular weight is 193 g/mol. The molecule has 0 aliphatic carbocycles. The van der Waals surface area contributed by atoms with Crippen LogP contribution in [0.5, 0.6) is 0 Å². The van der Waals surface area contributed by atoms with Crippen molar-refractivity contribution in [3.8, 4) is 0 Å². The number of hydrogen-bond acceptors (Lipinski definition) is 3. The van der Waals surface area contributed by atoms with Gasteiger partial charge < -0.3 is 14.2 Å². The first kappa shape index (κ1) is 8.75. The van der Waals surface area contributed by atoms with E-state index >= 15 is 0 Å². The predicted molar refractivity (Wildman–Crippen MR) is 44.3 cm³/mol. The number of ether oxygens (including phenoxy) is 3. The van der Waals surface area contributed by atoms with Gasteiger partial charge in [0, 0.05) is 6.42 Å².